The van der Waals surface area contributed by atoms with Gasteiger partial charge in [-0.25, -0.2) is 4.39 Å². The van der Waals surface area contributed by atoms with Gasteiger partial charge in [0.05, 0.1) is 4.47 Å². The first-order chi connectivity index (χ1) is 9.47. The first kappa shape index (κ1) is 14.4. The van der Waals surface area contributed by atoms with Gasteiger partial charge in [0.1, 0.15) is 11.5 Å². The molecule has 1 heterocycles. The highest BCUT2D eigenvalue weighted by atomic mass is 79.9. The summed E-state index contributed by atoms with van der Waals surface area (Å²) in [6, 6.07) is 2.57. The van der Waals surface area contributed by atoms with Crippen molar-refractivity contribution in [2.24, 2.45) is 0 Å². The van der Waals surface area contributed by atoms with Crippen molar-refractivity contribution in [1.29, 1.82) is 0 Å². The number of amides is 1. The summed E-state index contributed by atoms with van der Waals surface area (Å²) in [7, 11) is 0. The molecule has 0 spiro atoms. The van der Waals surface area contributed by atoms with Crippen molar-refractivity contribution in [2.45, 2.75) is 13.3 Å². The molecular weight excluding hydrogens is 331 g/mol. The number of nitrogens with one attached hydrogen (secondary N) is 1. The van der Waals surface area contributed by atoms with Crippen LogP contribution in [0.15, 0.2) is 16.6 Å². The van der Waals surface area contributed by atoms with Crippen LogP contribution in [-0.2, 0) is 0 Å². The number of carbonyl (C=O) groups is 1. The van der Waals surface area contributed by atoms with E-state index >= 15 is 0 Å². The van der Waals surface area contributed by atoms with Crippen molar-refractivity contribution < 1.29 is 14.0 Å². The molecule has 2 aromatic rings. The fourth-order valence-electron chi connectivity index (χ4n) is 1.76. The lowest BCUT2D eigenvalue weighted by atomic mass is 10.1. The predicted molar refractivity (Wildman–Crippen MR) is 75.4 cm³/mol. The molecular formula is C12H12BrFN4O2. The zero-order valence-electron chi connectivity index (χ0n) is 10.6. The van der Waals surface area contributed by atoms with Crippen LogP contribution in [0.25, 0.3) is 10.9 Å². The number of anilines is 1. The number of benzene rings is 1. The van der Waals surface area contributed by atoms with Crippen molar-refractivity contribution in [3.63, 3.8) is 0 Å². The molecule has 6 nitrogen and oxygen atoms in total. The molecule has 3 N–H and O–H groups in total. The minimum Gasteiger partial charge on any atom is -0.594 e. The van der Waals surface area contributed by atoms with E-state index in [4.69, 9.17) is 5.73 Å². The van der Waals surface area contributed by atoms with Crippen molar-refractivity contribution in [3.05, 3.63) is 33.3 Å². The van der Waals surface area contributed by atoms with Crippen LogP contribution in [0.2, 0.25) is 0 Å². The Morgan fingerprint density at radius 3 is 2.95 bits per heavy atom. The third-order valence-corrected chi connectivity index (χ3v) is 3.50. The molecule has 0 atom stereocenters. The van der Waals surface area contributed by atoms with Crippen LogP contribution in [0.1, 0.15) is 23.8 Å². The molecule has 8 heteroatoms. The average molecular weight is 343 g/mol. The lowest BCUT2D eigenvalue weighted by molar-refractivity contribution is -0.667. The highest BCUT2D eigenvalue weighted by molar-refractivity contribution is 9.10. The number of carbonyl (C=O) groups excluding carboxylic acids is 1. The standard InChI is InChI=1S/C12H12BrFN4O2/c1-2-5-16-12(19)11-9(15)6-3-4-7(14)8(13)10(6)17-18(11)20/h3-4H,2,5,15H2,1H3,(H,16,19). The van der Waals surface area contributed by atoms with Crippen LogP contribution in [0, 0.1) is 11.0 Å². The third-order valence-electron chi connectivity index (χ3n) is 2.75. The van der Waals surface area contributed by atoms with E-state index < -0.39 is 11.7 Å². The zero-order valence-corrected chi connectivity index (χ0v) is 12.2. The van der Waals surface area contributed by atoms with Crippen LogP contribution in [-0.4, -0.2) is 17.6 Å². The number of aromatic nitrogens is 2. The van der Waals surface area contributed by atoms with Gasteiger partial charge in [0, 0.05) is 17.0 Å². The number of nitrogen functional groups attached to an aromatic ring is 1. The first-order valence-corrected chi connectivity index (χ1v) is 6.71. The van der Waals surface area contributed by atoms with Gasteiger partial charge in [-0.3, -0.25) is 4.79 Å². The molecule has 0 radical (unpaired) electrons. The van der Waals surface area contributed by atoms with E-state index in [9.17, 15) is 14.4 Å². The maximum atomic E-state index is 13.4. The van der Waals surface area contributed by atoms with Crippen molar-refractivity contribution >= 4 is 38.4 Å². The van der Waals surface area contributed by atoms with Crippen LogP contribution in [0.4, 0.5) is 10.1 Å². The smallest absolute Gasteiger partial charge is 0.332 e. The normalized spacial score (nSPS) is 10.8. The highest BCUT2D eigenvalue weighted by Gasteiger charge is 2.26. The van der Waals surface area contributed by atoms with E-state index in [-0.39, 0.29) is 26.2 Å². The Hall–Kier alpha value is -1.96. The first-order valence-electron chi connectivity index (χ1n) is 5.92. The van der Waals surface area contributed by atoms with Gasteiger partial charge in [-0.1, -0.05) is 6.92 Å². The lowest BCUT2D eigenvalue weighted by Crippen LogP contribution is -2.43. The molecule has 0 aliphatic carbocycles. The largest absolute Gasteiger partial charge is 0.594 e. The number of halogens is 2. The summed E-state index contributed by atoms with van der Waals surface area (Å²) < 4.78 is 13.5. The molecule has 0 bridgehead atoms. The predicted octanol–water partition coefficient (Wildman–Crippen LogP) is 1.49. The number of hydrogen-bond acceptors (Lipinski definition) is 4. The quantitative estimate of drug-likeness (QED) is 0.652. The van der Waals surface area contributed by atoms with Gasteiger partial charge >= 0.3 is 11.6 Å². The maximum absolute atomic E-state index is 13.4. The van der Waals surface area contributed by atoms with Gasteiger partial charge in [-0.05, 0) is 39.3 Å². The molecule has 0 unspecified atom stereocenters. The Balaban J connectivity index is 2.64. The van der Waals surface area contributed by atoms with Crippen LogP contribution < -0.4 is 15.9 Å². The van der Waals surface area contributed by atoms with E-state index in [2.05, 4.69) is 26.3 Å². The number of nitrogens with zero attached hydrogens (tertiary/aromatic N) is 2. The number of fused-ring (bicyclic) bond motifs is 1. The van der Waals surface area contributed by atoms with Crippen LogP contribution in [0.5, 0.6) is 0 Å². The maximum Gasteiger partial charge on any atom is 0.332 e. The Morgan fingerprint density at radius 1 is 1.60 bits per heavy atom. The van der Waals surface area contributed by atoms with E-state index in [1.165, 1.54) is 12.1 Å². The summed E-state index contributed by atoms with van der Waals surface area (Å²) in [6.45, 7) is 2.30. The van der Waals surface area contributed by atoms with Crippen molar-refractivity contribution in [1.82, 2.24) is 10.4 Å². The molecule has 0 saturated carbocycles. The van der Waals surface area contributed by atoms with Crippen molar-refractivity contribution in [2.75, 3.05) is 12.3 Å². The monoisotopic (exact) mass is 342 g/mol. The second-order valence-corrected chi connectivity index (χ2v) is 4.94. The van der Waals surface area contributed by atoms with Gasteiger partial charge in [-0.15, -0.1) is 0 Å². The molecule has 1 aromatic carbocycles. The molecule has 0 aliphatic heterocycles. The Labute approximate surface area is 122 Å². The van der Waals surface area contributed by atoms with Gasteiger partial charge in [-0.2, -0.15) is 0 Å². The molecule has 1 amide bonds. The topological polar surface area (TPSA) is 95.0 Å². The Kier molecular flexibility index (Phi) is 4.03. The highest BCUT2D eigenvalue weighted by Crippen LogP contribution is 2.28. The second-order valence-electron chi connectivity index (χ2n) is 4.15. The van der Waals surface area contributed by atoms with Crippen molar-refractivity contribution in [3.8, 4) is 0 Å². The average Bonchev–Trinajstić information content (AvgIpc) is 2.41. The fourth-order valence-corrected chi connectivity index (χ4v) is 2.18. The van der Waals surface area contributed by atoms with Gasteiger partial charge in [0.15, 0.2) is 5.52 Å². The number of hydrogen-bond donors (Lipinski definition) is 2. The number of nitrogens with two attached hydrogens (primary N) is 1. The SMILES string of the molecule is CCCNC(=O)c1c(N)c2ccc(F)c(Br)c2n[n+]1[O-]. The van der Waals surface area contributed by atoms with E-state index in [0.29, 0.717) is 11.9 Å². The fraction of sp³-hybridized carbons (Fsp3) is 0.250. The second kappa shape index (κ2) is 5.58. The Morgan fingerprint density at radius 2 is 2.30 bits per heavy atom. The molecule has 0 saturated heterocycles. The molecule has 20 heavy (non-hydrogen) atoms. The molecule has 0 aliphatic rings. The van der Waals surface area contributed by atoms with Crippen LogP contribution >= 0.6 is 15.9 Å². The van der Waals surface area contributed by atoms with Gasteiger partial charge < -0.3 is 16.3 Å². The lowest BCUT2D eigenvalue weighted by Gasteiger charge is -2.09. The summed E-state index contributed by atoms with van der Waals surface area (Å²) in [5.74, 6) is -1.17. The summed E-state index contributed by atoms with van der Waals surface area (Å²) >= 11 is 3.01. The molecule has 1 aromatic heterocycles. The zero-order chi connectivity index (χ0) is 14.9. The van der Waals surface area contributed by atoms with E-state index in [0.717, 1.165) is 6.42 Å². The number of rotatable bonds is 3. The summed E-state index contributed by atoms with van der Waals surface area (Å²) in [4.78, 5) is 12.0. The third kappa shape index (κ3) is 2.38. The van der Waals surface area contributed by atoms with Gasteiger partial charge in [0.25, 0.3) is 0 Å². The van der Waals surface area contributed by atoms with E-state index in [1.54, 1.807) is 0 Å². The van der Waals surface area contributed by atoms with E-state index in [1.807, 2.05) is 6.92 Å². The molecule has 0 fully saturated rings. The molecule has 106 valence electrons. The van der Waals surface area contributed by atoms with Crippen LogP contribution in [0.3, 0.4) is 0 Å². The molecule has 2 rings (SSSR count). The minimum absolute atomic E-state index is 0.0284. The Bertz CT molecular complexity index is 693. The minimum atomic E-state index is -0.603. The summed E-state index contributed by atoms with van der Waals surface area (Å²) in [5, 5.41) is 18.4. The summed E-state index contributed by atoms with van der Waals surface area (Å²) in [6.07, 6.45) is 0.724. The van der Waals surface area contributed by atoms with Gasteiger partial charge in [0.2, 0.25) is 0 Å². The summed E-state index contributed by atoms with van der Waals surface area (Å²) in [5.41, 5.74) is 5.60.